The maximum atomic E-state index is 11.8. The summed E-state index contributed by atoms with van der Waals surface area (Å²) in [5.74, 6) is 0.447. The zero-order valence-corrected chi connectivity index (χ0v) is 15.6. The minimum Gasteiger partial charge on any atom is -0.484 e. The molecule has 2 aromatic rings. The molecule has 2 aromatic carbocycles. The van der Waals surface area contributed by atoms with Crippen molar-refractivity contribution in [2.24, 2.45) is 10.8 Å². The van der Waals surface area contributed by atoms with Gasteiger partial charge in [0.2, 0.25) is 5.91 Å². The molecular weight excluding hydrogens is 384 g/mol. The number of non-ortho nitro benzene ring substituents is 1. The van der Waals surface area contributed by atoms with Gasteiger partial charge in [-0.25, -0.2) is 5.43 Å². The highest BCUT2D eigenvalue weighted by atomic mass is 32.2. The standard InChI is InChI=1S/C18H18N4O5S/c19-17(23)10-27-16-7-3-13(4-8-16)9-20-21-18(24)12-28-11-14-1-5-15(6-2-14)22(25)26/h1-9H,10-12H2,(H2,19,23)(H,21,24)/b20-9-. The Kier molecular flexibility index (Phi) is 7.97. The molecule has 0 radical (unpaired) electrons. The summed E-state index contributed by atoms with van der Waals surface area (Å²) >= 11 is 1.37. The zero-order chi connectivity index (χ0) is 20.4. The lowest BCUT2D eigenvalue weighted by atomic mass is 10.2. The van der Waals surface area contributed by atoms with Gasteiger partial charge in [-0.05, 0) is 35.4 Å². The number of primary amides is 1. The molecule has 146 valence electrons. The Morgan fingerprint density at radius 2 is 1.86 bits per heavy atom. The Bertz CT molecular complexity index is 853. The third-order valence-electron chi connectivity index (χ3n) is 3.31. The van der Waals surface area contributed by atoms with Crippen molar-refractivity contribution in [3.05, 3.63) is 69.8 Å². The second kappa shape index (κ2) is 10.7. The van der Waals surface area contributed by atoms with E-state index in [2.05, 4.69) is 10.5 Å². The van der Waals surface area contributed by atoms with Crippen molar-refractivity contribution in [2.45, 2.75) is 5.75 Å². The fourth-order valence-electron chi connectivity index (χ4n) is 1.99. The van der Waals surface area contributed by atoms with Crippen LogP contribution >= 0.6 is 11.8 Å². The van der Waals surface area contributed by atoms with Gasteiger partial charge in [0, 0.05) is 17.9 Å². The number of nitrogens with one attached hydrogen (secondary N) is 1. The largest absolute Gasteiger partial charge is 0.484 e. The van der Waals surface area contributed by atoms with Crippen molar-refractivity contribution in [2.75, 3.05) is 12.4 Å². The van der Waals surface area contributed by atoms with Crippen LogP contribution in [0.5, 0.6) is 5.75 Å². The molecule has 2 amide bonds. The predicted octanol–water partition coefficient (Wildman–Crippen LogP) is 1.84. The average Bonchev–Trinajstić information content (AvgIpc) is 2.67. The first-order chi connectivity index (χ1) is 13.4. The van der Waals surface area contributed by atoms with Gasteiger partial charge >= 0.3 is 0 Å². The van der Waals surface area contributed by atoms with Crippen LogP contribution < -0.4 is 15.9 Å². The highest BCUT2D eigenvalue weighted by molar-refractivity contribution is 7.99. The Morgan fingerprint density at radius 3 is 2.46 bits per heavy atom. The van der Waals surface area contributed by atoms with Gasteiger partial charge in [-0.3, -0.25) is 19.7 Å². The predicted molar refractivity (Wildman–Crippen MR) is 106 cm³/mol. The van der Waals surface area contributed by atoms with Crippen LogP contribution in [-0.4, -0.2) is 35.3 Å². The summed E-state index contributed by atoms with van der Waals surface area (Å²) < 4.78 is 5.14. The number of hydrogen-bond donors (Lipinski definition) is 2. The minimum atomic E-state index is -0.556. The number of hydrogen-bond acceptors (Lipinski definition) is 7. The number of nitro benzene ring substituents is 1. The highest BCUT2D eigenvalue weighted by Gasteiger charge is 2.05. The first-order valence-corrected chi connectivity index (χ1v) is 9.23. The van der Waals surface area contributed by atoms with Gasteiger partial charge in [-0.15, -0.1) is 11.8 Å². The lowest BCUT2D eigenvalue weighted by molar-refractivity contribution is -0.384. The SMILES string of the molecule is NC(=O)COc1ccc(/C=N\NC(=O)CSCc2ccc([N+](=O)[O-])cc2)cc1. The van der Waals surface area contributed by atoms with Gasteiger partial charge in [0.15, 0.2) is 6.61 Å². The van der Waals surface area contributed by atoms with Crippen LogP contribution in [0.15, 0.2) is 53.6 Å². The maximum absolute atomic E-state index is 11.8. The number of hydrazone groups is 1. The van der Waals surface area contributed by atoms with E-state index in [1.807, 2.05) is 0 Å². The monoisotopic (exact) mass is 402 g/mol. The number of nitrogens with two attached hydrogens (primary N) is 1. The summed E-state index contributed by atoms with van der Waals surface area (Å²) in [6.45, 7) is -0.193. The first kappa shape index (κ1) is 20.9. The number of nitrogens with zero attached hydrogens (tertiary/aromatic N) is 2. The number of benzene rings is 2. The molecular formula is C18H18N4O5S. The molecule has 0 aliphatic heterocycles. The van der Waals surface area contributed by atoms with E-state index >= 15 is 0 Å². The third kappa shape index (κ3) is 7.46. The second-order valence-electron chi connectivity index (χ2n) is 5.53. The van der Waals surface area contributed by atoms with Crippen LogP contribution in [0.1, 0.15) is 11.1 Å². The fourth-order valence-corrected chi connectivity index (χ4v) is 2.77. The zero-order valence-electron chi connectivity index (χ0n) is 14.7. The number of rotatable bonds is 10. The van der Waals surface area contributed by atoms with Crippen molar-refractivity contribution >= 4 is 35.5 Å². The van der Waals surface area contributed by atoms with E-state index < -0.39 is 10.8 Å². The molecule has 9 nitrogen and oxygen atoms in total. The lowest BCUT2D eigenvalue weighted by Crippen LogP contribution is -2.20. The van der Waals surface area contributed by atoms with Crippen molar-refractivity contribution in [1.29, 1.82) is 0 Å². The van der Waals surface area contributed by atoms with Crippen molar-refractivity contribution < 1.29 is 19.2 Å². The van der Waals surface area contributed by atoms with Crippen LogP contribution in [0.3, 0.4) is 0 Å². The minimum absolute atomic E-state index is 0.0355. The molecule has 0 saturated carbocycles. The van der Waals surface area contributed by atoms with E-state index in [9.17, 15) is 19.7 Å². The van der Waals surface area contributed by atoms with E-state index in [0.717, 1.165) is 11.1 Å². The van der Waals surface area contributed by atoms with Crippen molar-refractivity contribution in [3.63, 3.8) is 0 Å². The molecule has 0 saturated heterocycles. The third-order valence-corrected chi connectivity index (χ3v) is 4.32. The van der Waals surface area contributed by atoms with Gasteiger partial charge in [0.05, 0.1) is 16.9 Å². The van der Waals surface area contributed by atoms with E-state index in [4.69, 9.17) is 10.5 Å². The first-order valence-electron chi connectivity index (χ1n) is 8.08. The maximum Gasteiger partial charge on any atom is 0.269 e. The molecule has 0 spiro atoms. The Morgan fingerprint density at radius 1 is 1.18 bits per heavy atom. The molecule has 3 N–H and O–H groups in total. The van der Waals surface area contributed by atoms with Gasteiger partial charge < -0.3 is 10.5 Å². The summed E-state index contributed by atoms with van der Waals surface area (Å²) in [6, 6.07) is 13.0. The fraction of sp³-hybridized carbons (Fsp3) is 0.167. The normalized spacial score (nSPS) is 10.6. The van der Waals surface area contributed by atoms with Gasteiger partial charge in [-0.1, -0.05) is 12.1 Å². The number of ether oxygens (including phenoxy) is 1. The summed E-state index contributed by atoms with van der Waals surface area (Å²) in [5.41, 5.74) is 9.09. The molecule has 0 bridgehead atoms. The van der Waals surface area contributed by atoms with Crippen LogP contribution in [0, 0.1) is 10.1 Å². The van der Waals surface area contributed by atoms with Crippen molar-refractivity contribution in [3.8, 4) is 5.75 Å². The average molecular weight is 402 g/mol. The quantitative estimate of drug-likeness (QED) is 0.353. The van der Waals surface area contributed by atoms with Crippen LogP contribution in [-0.2, 0) is 15.3 Å². The van der Waals surface area contributed by atoms with E-state index in [1.165, 1.54) is 30.1 Å². The van der Waals surface area contributed by atoms with Crippen LogP contribution in [0.25, 0.3) is 0 Å². The molecule has 0 aliphatic rings. The Labute approximate surface area is 165 Å². The topological polar surface area (TPSA) is 137 Å². The summed E-state index contributed by atoms with van der Waals surface area (Å²) in [4.78, 5) is 32.6. The molecule has 0 aliphatic carbocycles. The molecule has 10 heteroatoms. The van der Waals surface area contributed by atoms with Gasteiger partial charge in [0.25, 0.3) is 11.6 Å². The molecule has 0 fully saturated rings. The molecule has 0 atom stereocenters. The summed E-state index contributed by atoms with van der Waals surface area (Å²) in [6.07, 6.45) is 1.48. The van der Waals surface area contributed by atoms with Gasteiger partial charge in [0.1, 0.15) is 5.75 Å². The number of amides is 2. The number of carbonyl (C=O) groups excluding carboxylic acids is 2. The molecule has 0 unspecified atom stereocenters. The molecule has 2 rings (SSSR count). The smallest absolute Gasteiger partial charge is 0.269 e. The molecule has 0 aromatic heterocycles. The van der Waals surface area contributed by atoms with Crippen LogP contribution in [0.4, 0.5) is 5.69 Å². The van der Waals surface area contributed by atoms with E-state index in [-0.39, 0.29) is 24.0 Å². The Balaban J connectivity index is 1.70. The lowest BCUT2D eigenvalue weighted by Gasteiger charge is -2.03. The van der Waals surface area contributed by atoms with E-state index in [0.29, 0.717) is 11.5 Å². The second-order valence-corrected chi connectivity index (χ2v) is 6.52. The molecule has 28 heavy (non-hydrogen) atoms. The number of thioether (sulfide) groups is 1. The van der Waals surface area contributed by atoms with Gasteiger partial charge in [-0.2, -0.15) is 5.10 Å². The highest BCUT2D eigenvalue weighted by Crippen LogP contribution is 2.16. The molecule has 0 heterocycles. The van der Waals surface area contributed by atoms with Crippen molar-refractivity contribution in [1.82, 2.24) is 5.43 Å². The van der Waals surface area contributed by atoms with Crippen LogP contribution in [0.2, 0.25) is 0 Å². The number of carbonyl (C=O) groups is 2. The summed E-state index contributed by atoms with van der Waals surface area (Å²) in [7, 11) is 0. The Hall–Kier alpha value is -3.40. The van der Waals surface area contributed by atoms with E-state index in [1.54, 1.807) is 36.4 Å². The summed E-state index contributed by atoms with van der Waals surface area (Å²) in [5, 5.41) is 14.5. The number of nitro groups is 1.